The second-order valence-corrected chi connectivity index (χ2v) is 7.85. The number of hydrogen-bond acceptors (Lipinski definition) is 5. The van der Waals surface area contributed by atoms with Gasteiger partial charge in [0.15, 0.2) is 11.5 Å². The van der Waals surface area contributed by atoms with Gasteiger partial charge in [-0.3, -0.25) is 9.52 Å². The van der Waals surface area contributed by atoms with E-state index in [2.05, 4.69) is 15.2 Å². The fourth-order valence-electron chi connectivity index (χ4n) is 2.49. The Hall–Kier alpha value is -3.20. The van der Waals surface area contributed by atoms with Crippen molar-refractivity contribution in [1.82, 2.24) is 5.16 Å². The molecule has 1 amide bonds. The van der Waals surface area contributed by atoms with Gasteiger partial charge in [0.25, 0.3) is 5.91 Å². The monoisotopic (exact) mass is 403 g/mol. The molecule has 9 heteroatoms. The molecule has 0 fully saturated rings. The molecule has 2 N–H and O–H groups in total. The molecule has 2 aromatic carbocycles. The molecule has 0 saturated heterocycles. The number of carbonyl (C=O) groups is 1. The number of halogens is 1. The SMILES string of the molecule is CCCS(=O)(=O)Nc1ccc(NC(=O)c2cc(-c3ccccc3F)on2)cc1. The topological polar surface area (TPSA) is 101 Å². The van der Waals surface area contributed by atoms with E-state index in [1.54, 1.807) is 31.2 Å². The summed E-state index contributed by atoms with van der Waals surface area (Å²) in [6.07, 6.45) is 0.510. The van der Waals surface area contributed by atoms with Crippen LogP contribution in [0.3, 0.4) is 0 Å². The number of anilines is 2. The highest BCUT2D eigenvalue weighted by atomic mass is 32.2. The minimum absolute atomic E-state index is 0.00835. The first-order chi connectivity index (χ1) is 13.4. The Labute approximate surface area is 161 Å². The summed E-state index contributed by atoms with van der Waals surface area (Å²) in [7, 11) is -3.38. The Bertz CT molecular complexity index is 1080. The van der Waals surface area contributed by atoms with Crippen LogP contribution in [-0.4, -0.2) is 25.2 Å². The summed E-state index contributed by atoms with van der Waals surface area (Å²) in [5.41, 5.74) is 1.04. The lowest BCUT2D eigenvalue weighted by molar-refractivity contribution is 0.101. The highest BCUT2D eigenvalue weighted by molar-refractivity contribution is 7.92. The van der Waals surface area contributed by atoms with E-state index in [1.165, 1.54) is 30.3 Å². The summed E-state index contributed by atoms with van der Waals surface area (Å²) in [5, 5.41) is 6.29. The van der Waals surface area contributed by atoms with Gasteiger partial charge < -0.3 is 9.84 Å². The van der Waals surface area contributed by atoms with Crippen LogP contribution in [0.4, 0.5) is 15.8 Å². The van der Waals surface area contributed by atoms with E-state index in [9.17, 15) is 17.6 Å². The first kappa shape index (κ1) is 19.6. The molecule has 0 unspecified atom stereocenters. The summed E-state index contributed by atoms with van der Waals surface area (Å²) in [5.74, 6) is -0.844. The molecule has 0 aliphatic heterocycles. The fourth-order valence-corrected chi connectivity index (χ4v) is 3.62. The Kier molecular flexibility index (Phi) is 5.74. The van der Waals surface area contributed by atoms with Crippen molar-refractivity contribution in [2.24, 2.45) is 0 Å². The lowest BCUT2D eigenvalue weighted by Crippen LogP contribution is -2.16. The number of aromatic nitrogens is 1. The van der Waals surface area contributed by atoms with Crippen molar-refractivity contribution >= 4 is 27.3 Å². The van der Waals surface area contributed by atoms with Crippen molar-refractivity contribution in [3.05, 3.63) is 66.1 Å². The molecule has 0 bridgehead atoms. The quantitative estimate of drug-likeness (QED) is 0.623. The van der Waals surface area contributed by atoms with Crippen molar-refractivity contribution in [1.29, 1.82) is 0 Å². The number of rotatable bonds is 7. The lowest BCUT2D eigenvalue weighted by atomic mass is 10.1. The zero-order valence-electron chi connectivity index (χ0n) is 15.0. The summed E-state index contributed by atoms with van der Waals surface area (Å²) in [6.45, 7) is 1.78. The van der Waals surface area contributed by atoms with Gasteiger partial charge in [0.2, 0.25) is 10.0 Å². The van der Waals surface area contributed by atoms with E-state index < -0.39 is 21.7 Å². The third kappa shape index (κ3) is 4.74. The molecule has 1 heterocycles. The smallest absolute Gasteiger partial charge is 0.277 e. The molecule has 0 spiro atoms. The standard InChI is InChI=1S/C19H18FN3O4S/c1-2-11-28(25,26)23-14-9-7-13(8-10-14)21-19(24)17-12-18(27-22-17)15-5-3-4-6-16(15)20/h3-10,12,23H,2,11H2,1H3,(H,21,24). The number of carbonyl (C=O) groups excluding carboxylic acids is 1. The minimum atomic E-state index is -3.38. The zero-order chi connectivity index (χ0) is 20.1. The molecule has 0 aliphatic carbocycles. The number of nitrogens with one attached hydrogen (secondary N) is 2. The predicted molar refractivity (Wildman–Crippen MR) is 104 cm³/mol. The molecule has 146 valence electrons. The number of hydrogen-bond donors (Lipinski definition) is 2. The minimum Gasteiger partial charge on any atom is -0.355 e. The van der Waals surface area contributed by atoms with Crippen LogP contribution in [0.15, 0.2) is 59.1 Å². The third-order valence-electron chi connectivity index (χ3n) is 3.77. The van der Waals surface area contributed by atoms with Gasteiger partial charge in [-0.1, -0.05) is 24.2 Å². The van der Waals surface area contributed by atoms with Gasteiger partial charge in [-0.05, 0) is 42.8 Å². The van der Waals surface area contributed by atoms with Gasteiger partial charge in [0, 0.05) is 17.4 Å². The van der Waals surface area contributed by atoms with Crippen molar-refractivity contribution in [2.45, 2.75) is 13.3 Å². The molecule has 1 aromatic heterocycles. The van der Waals surface area contributed by atoms with E-state index in [1.807, 2.05) is 0 Å². The van der Waals surface area contributed by atoms with Crippen molar-refractivity contribution < 1.29 is 22.1 Å². The maximum absolute atomic E-state index is 13.8. The number of nitrogens with zero attached hydrogens (tertiary/aromatic N) is 1. The predicted octanol–water partition coefficient (Wildman–Crippen LogP) is 3.88. The van der Waals surface area contributed by atoms with Crippen LogP contribution in [0, 0.1) is 5.82 Å². The van der Waals surface area contributed by atoms with Crippen molar-refractivity contribution in [2.75, 3.05) is 15.8 Å². The first-order valence-electron chi connectivity index (χ1n) is 8.51. The van der Waals surface area contributed by atoms with E-state index in [-0.39, 0.29) is 22.8 Å². The Balaban J connectivity index is 1.68. The highest BCUT2D eigenvalue weighted by Gasteiger charge is 2.16. The molecule has 0 atom stereocenters. The average molecular weight is 403 g/mol. The largest absolute Gasteiger partial charge is 0.355 e. The molecule has 0 radical (unpaired) electrons. The molecular formula is C19H18FN3O4S. The first-order valence-corrected chi connectivity index (χ1v) is 10.2. The molecule has 3 aromatic rings. The summed E-state index contributed by atoms with van der Waals surface area (Å²) in [6, 6.07) is 13.5. The average Bonchev–Trinajstić information content (AvgIpc) is 3.13. The highest BCUT2D eigenvalue weighted by Crippen LogP contribution is 2.24. The van der Waals surface area contributed by atoms with E-state index >= 15 is 0 Å². The van der Waals surface area contributed by atoms with Crippen LogP contribution in [0.1, 0.15) is 23.8 Å². The van der Waals surface area contributed by atoms with E-state index in [0.29, 0.717) is 17.8 Å². The van der Waals surface area contributed by atoms with Crippen LogP contribution in [0.5, 0.6) is 0 Å². The molecule has 0 aliphatic rings. The van der Waals surface area contributed by atoms with Gasteiger partial charge in [0.05, 0.1) is 11.3 Å². The Morgan fingerprint density at radius 3 is 2.46 bits per heavy atom. The molecule has 7 nitrogen and oxygen atoms in total. The second kappa shape index (κ2) is 8.22. The van der Waals surface area contributed by atoms with Crippen LogP contribution >= 0.6 is 0 Å². The van der Waals surface area contributed by atoms with E-state index in [0.717, 1.165) is 0 Å². The van der Waals surface area contributed by atoms with Crippen molar-refractivity contribution in [3.8, 4) is 11.3 Å². The molecule has 0 saturated carbocycles. The van der Waals surface area contributed by atoms with E-state index in [4.69, 9.17) is 4.52 Å². The fraction of sp³-hybridized carbons (Fsp3) is 0.158. The molecule has 3 rings (SSSR count). The summed E-state index contributed by atoms with van der Waals surface area (Å²) >= 11 is 0. The maximum Gasteiger partial charge on any atom is 0.277 e. The van der Waals surface area contributed by atoms with Crippen LogP contribution < -0.4 is 10.0 Å². The molecular weight excluding hydrogens is 385 g/mol. The normalized spacial score (nSPS) is 11.2. The third-order valence-corrected chi connectivity index (χ3v) is 5.26. The molecule has 28 heavy (non-hydrogen) atoms. The van der Waals surface area contributed by atoms with Crippen LogP contribution in [0.25, 0.3) is 11.3 Å². The number of sulfonamides is 1. The summed E-state index contributed by atoms with van der Waals surface area (Å²) < 4.78 is 44.8. The van der Waals surface area contributed by atoms with Crippen molar-refractivity contribution in [3.63, 3.8) is 0 Å². The van der Waals surface area contributed by atoms with Gasteiger partial charge in [-0.15, -0.1) is 0 Å². The summed E-state index contributed by atoms with van der Waals surface area (Å²) in [4.78, 5) is 12.3. The van der Waals surface area contributed by atoms with Gasteiger partial charge in [0.1, 0.15) is 5.82 Å². The van der Waals surface area contributed by atoms with Gasteiger partial charge in [-0.25, -0.2) is 12.8 Å². The Morgan fingerprint density at radius 1 is 1.11 bits per heavy atom. The van der Waals surface area contributed by atoms with Gasteiger partial charge in [-0.2, -0.15) is 0 Å². The van der Waals surface area contributed by atoms with Crippen LogP contribution in [0.2, 0.25) is 0 Å². The zero-order valence-corrected chi connectivity index (χ0v) is 15.8. The number of amides is 1. The maximum atomic E-state index is 13.8. The Morgan fingerprint density at radius 2 is 1.79 bits per heavy atom. The van der Waals surface area contributed by atoms with Gasteiger partial charge >= 0.3 is 0 Å². The lowest BCUT2D eigenvalue weighted by Gasteiger charge is -2.08. The number of benzene rings is 2. The second-order valence-electron chi connectivity index (χ2n) is 6.01. The van der Waals surface area contributed by atoms with Crippen LogP contribution in [-0.2, 0) is 10.0 Å².